The molecule has 1 aliphatic rings. The number of hydrogen-bond donors (Lipinski definition) is 0. The lowest BCUT2D eigenvalue weighted by atomic mass is 9.71. The van der Waals surface area contributed by atoms with Crippen molar-refractivity contribution in [2.24, 2.45) is 23.7 Å². The minimum atomic E-state index is -4.36. The first-order chi connectivity index (χ1) is 38.5. The van der Waals surface area contributed by atoms with Crippen LogP contribution in [0.25, 0.3) is 0 Å². The lowest BCUT2D eigenvalue weighted by Crippen LogP contribution is -2.40. The summed E-state index contributed by atoms with van der Waals surface area (Å²) in [5.74, 6) is 9.07. The average molecular weight is 1110 g/mol. The van der Waals surface area contributed by atoms with Gasteiger partial charge in [0.05, 0.1) is 0 Å². The number of aryl methyl sites for hydroxylation is 12. The van der Waals surface area contributed by atoms with E-state index in [9.17, 15) is 13.2 Å². The molecule has 9 rings (SSSR count). The van der Waals surface area contributed by atoms with Gasteiger partial charge in [0, 0.05) is 5.41 Å². The van der Waals surface area contributed by atoms with E-state index in [0.29, 0.717) is 0 Å². The molecule has 8 aromatic carbocycles. The van der Waals surface area contributed by atoms with Gasteiger partial charge in [-0.15, -0.1) is 0 Å². The van der Waals surface area contributed by atoms with Crippen molar-refractivity contribution in [1.29, 1.82) is 0 Å². The molecule has 0 bridgehead atoms. The lowest BCUT2D eigenvalue weighted by Gasteiger charge is -2.35. The normalized spacial score (nSPS) is 16.1. The molecule has 0 aromatic heterocycles. The van der Waals surface area contributed by atoms with E-state index in [2.05, 4.69) is 170 Å². The first-order valence-electron chi connectivity index (χ1n) is 29.2. The van der Waals surface area contributed by atoms with Crippen molar-refractivity contribution >= 4 is 0 Å². The Hall–Kier alpha value is -7.05. The maximum Gasteiger partial charge on any atom is 0.402 e. The first-order valence-corrected chi connectivity index (χ1v) is 29.2. The van der Waals surface area contributed by atoms with Gasteiger partial charge >= 0.3 is 6.18 Å². The lowest BCUT2D eigenvalue weighted by molar-refractivity contribution is -0.173. The molecular formula is C76H91F3O3. The molecule has 1 aliphatic carbocycles. The summed E-state index contributed by atoms with van der Waals surface area (Å²) >= 11 is 0. The second kappa shape index (κ2) is 27.4. The highest BCUT2D eigenvalue weighted by Crippen LogP contribution is 2.47. The Labute approximate surface area is 491 Å². The molecule has 3 nitrogen and oxygen atoms in total. The minimum Gasteiger partial charge on any atom is -0.457 e. The molecule has 1 fully saturated rings. The summed E-state index contributed by atoms with van der Waals surface area (Å²) < 4.78 is 59.8. The van der Waals surface area contributed by atoms with Crippen LogP contribution in [0.15, 0.2) is 158 Å². The van der Waals surface area contributed by atoms with Crippen LogP contribution in [0.2, 0.25) is 0 Å². The Morgan fingerprint density at radius 3 is 0.720 bits per heavy atom. The van der Waals surface area contributed by atoms with Gasteiger partial charge in [-0.2, -0.15) is 13.2 Å². The van der Waals surface area contributed by atoms with Gasteiger partial charge < -0.3 is 14.2 Å². The van der Waals surface area contributed by atoms with Crippen LogP contribution in [-0.2, 0) is 10.8 Å². The quantitative estimate of drug-likeness (QED) is 0.137. The predicted molar refractivity (Wildman–Crippen MR) is 339 cm³/mol. The molecule has 0 amide bonds. The Kier molecular flexibility index (Phi) is 21.4. The molecule has 0 saturated heterocycles. The zero-order chi connectivity index (χ0) is 60.4. The maximum atomic E-state index is 13.9. The van der Waals surface area contributed by atoms with Crippen molar-refractivity contribution in [3.05, 3.63) is 247 Å². The highest BCUT2D eigenvalue weighted by Gasteiger charge is 2.53. The van der Waals surface area contributed by atoms with E-state index in [-0.39, 0.29) is 16.5 Å². The molecule has 1 saturated carbocycles. The van der Waals surface area contributed by atoms with Crippen LogP contribution in [0.5, 0.6) is 34.5 Å². The minimum absolute atomic E-state index is 0.141. The van der Waals surface area contributed by atoms with E-state index >= 15 is 0 Å². The molecule has 82 heavy (non-hydrogen) atoms. The van der Waals surface area contributed by atoms with Crippen molar-refractivity contribution < 1.29 is 27.4 Å². The molecule has 434 valence electrons. The summed E-state index contributed by atoms with van der Waals surface area (Å²) in [5.41, 5.74) is 14.7. The van der Waals surface area contributed by atoms with Gasteiger partial charge in [0.15, 0.2) is 0 Å². The van der Waals surface area contributed by atoms with Crippen molar-refractivity contribution in [2.45, 2.75) is 161 Å². The SMILES string of the molecule is CC1CC(C)C(C)CC1C.Cc1ccc(C(C)(c2ccc(C)c(C)c2)C(F)(F)F)cc1C.Cc1ccc(Oc2ccc(C(C)(C)c3ccc(Oc4ccc(C)c(C)c4)cc3)cc2)cc1C.Cc1ccc(Oc2ccc(C)c(C)c2)cc1C. The van der Waals surface area contributed by atoms with Gasteiger partial charge in [0.1, 0.15) is 39.9 Å². The summed E-state index contributed by atoms with van der Waals surface area (Å²) in [5, 5.41) is 0. The van der Waals surface area contributed by atoms with Crippen molar-refractivity contribution in [3.63, 3.8) is 0 Å². The first kappa shape index (κ1) is 64.1. The highest BCUT2D eigenvalue weighted by molar-refractivity contribution is 5.48. The Morgan fingerprint density at radius 2 is 0.488 bits per heavy atom. The number of rotatable bonds is 10. The van der Waals surface area contributed by atoms with E-state index in [1.54, 1.807) is 36.4 Å². The third-order valence-electron chi connectivity index (χ3n) is 17.9. The van der Waals surface area contributed by atoms with Crippen LogP contribution in [0.3, 0.4) is 0 Å². The maximum absolute atomic E-state index is 13.9. The van der Waals surface area contributed by atoms with Gasteiger partial charge in [0.25, 0.3) is 0 Å². The van der Waals surface area contributed by atoms with Gasteiger partial charge in [-0.3, -0.25) is 0 Å². The molecule has 0 radical (unpaired) electrons. The summed E-state index contributed by atoms with van der Waals surface area (Å²) in [7, 11) is 0. The largest absolute Gasteiger partial charge is 0.457 e. The van der Waals surface area contributed by atoms with E-state index in [0.717, 1.165) is 80.4 Å². The summed E-state index contributed by atoms with van der Waals surface area (Å²) in [6, 6.07) is 51.5. The topological polar surface area (TPSA) is 27.7 Å². The van der Waals surface area contributed by atoms with E-state index in [4.69, 9.17) is 14.2 Å². The van der Waals surface area contributed by atoms with Crippen LogP contribution < -0.4 is 14.2 Å². The van der Waals surface area contributed by atoms with Gasteiger partial charge in [-0.05, 0) is 288 Å². The third kappa shape index (κ3) is 16.4. The fourth-order valence-electron chi connectivity index (χ4n) is 10.3. The van der Waals surface area contributed by atoms with E-state index in [1.807, 2.05) is 76.2 Å². The van der Waals surface area contributed by atoms with Crippen molar-refractivity contribution in [3.8, 4) is 34.5 Å². The zero-order valence-electron chi connectivity index (χ0n) is 52.6. The average Bonchev–Trinajstić information content (AvgIpc) is 3.43. The fraction of sp³-hybridized carbons (Fsp3) is 0.368. The molecule has 6 heteroatoms. The highest BCUT2D eigenvalue weighted by atomic mass is 19.4. The summed E-state index contributed by atoms with van der Waals surface area (Å²) in [4.78, 5) is 0. The number of halogens is 3. The molecule has 4 atom stereocenters. The zero-order valence-corrected chi connectivity index (χ0v) is 52.6. The van der Waals surface area contributed by atoms with Crippen molar-refractivity contribution in [1.82, 2.24) is 0 Å². The third-order valence-corrected chi connectivity index (χ3v) is 17.9. The molecule has 0 heterocycles. The van der Waals surface area contributed by atoms with Crippen LogP contribution in [-0.4, -0.2) is 6.18 Å². The molecule has 0 N–H and O–H groups in total. The van der Waals surface area contributed by atoms with Gasteiger partial charge in [-0.25, -0.2) is 0 Å². The van der Waals surface area contributed by atoms with Gasteiger partial charge in [-0.1, -0.05) is 126 Å². The smallest absolute Gasteiger partial charge is 0.402 e. The molecule has 4 unspecified atom stereocenters. The number of benzene rings is 8. The summed E-state index contributed by atoms with van der Waals surface area (Å²) in [6.45, 7) is 39.7. The monoisotopic (exact) mass is 1110 g/mol. The van der Waals surface area contributed by atoms with Crippen LogP contribution in [0.1, 0.15) is 150 Å². The molecule has 8 aromatic rings. The van der Waals surface area contributed by atoms with Crippen molar-refractivity contribution in [2.75, 3.05) is 0 Å². The standard InChI is InChI=1S/C31H32O2.C19H21F3.C16H18O.C10H20/c1-21-7-13-29(19-23(21)3)32-27-15-9-25(10-16-27)31(5,6)26-11-17-28(18-12-26)33-30-14-8-22(2)24(4)20-30;1-12-6-8-16(10-14(12)3)18(5,19(20,21)22)17-9-7-13(2)15(4)11-17;1-11-5-7-15(9-13(11)3)17-16-8-6-12(2)14(4)10-16;1-7-5-9(3)10(4)6-8(7)2/h7-20H,1-6H3;6-11H,1-5H3;5-10H,1-4H3;7-10H,5-6H2,1-4H3. The fourth-order valence-corrected chi connectivity index (χ4v) is 10.3. The Balaban J connectivity index is 0.000000191. The number of hydrogen-bond acceptors (Lipinski definition) is 3. The van der Waals surface area contributed by atoms with E-state index < -0.39 is 11.6 Å². The van der Waals surface area contributed by atoms with Gasteiger partial charge in [0.2, 0.25) is 0 Å². The molecule has 0 spiro atoms. The second-order valence-electron chi connectivity index (χ2n) is 24.6. The molecule has 0 aliphatic heterocycles. The summed E-state index contributed by atoms with van der Waals surface area (Å²) in [6.07, 6.45) is -1.47. The number of ether oxygens (including phenoxy) is 3. The Bertz CT molecular complexity index is 3170. The Morgan fingerprint density at radius 1 is 0.280 bits per heavy atom. The van der Waals surface area contributed by atoms with Crippen LogP contribution >= 0.6 is 0 Å². The van der Waals surface area contributed by atoms with Crippen LogP contribution in [0, 0.1) is 107 Å². The second-order valence-corrected chi connectivity index (χ2v) is 24.6. The van der Waals surface area contributed by atoms with E-state index in [1.165, 1.54) is 75.4 Å². The predicted octanol–water partition coefficient (Wildman–Crippen LogP) is 22.7. The number of alkyl halides is 3. The van der Waals surface area contributed by atoms with Crippen LogP contribution in [0.4, 0.5) is 13.2 Å². The molecular weight excluding hydrogens is 1020 g/mol.